The van der Waals surface area contributed by atoms with Gasteiger partial charge in [-0.3, -0.25) is 0 Å². The third-order valence-electron chi connectivity index (χ3n) is 3.72. The van der Waals surface area contributed by atoms with Gasteiger partial charge in [0.25, 0.3) is 0 Å². The van der Waals surface area contributed by atoms with Crippen LogP contribution in [0.25, 0.3) is 0 Å². The van der Waals surface area contributed by atoms with Gasteiger partial charge in [-0.1, -0.05) is 20.8 Å². The van der Waals surface area contributed by atoms with Crippen LogP contribution in [0, 0.1) is 12.3 Å². The van der Waals surface area contributed by atoms with Gasteiger partial charge in [-0.25, -0.2) is 8.42 Å². The van der Waals surface area contributed by atoms with Crippen molar-refractivity contribution >= 4 is 15.7 Å². The van der Waals surface area contributed by atoms with Crippen molar-refractivity contribution in [3.63, 3.8) is 0 Å². The molecule has 19 heavy (non-hydrogen) atoms. The number of aryl methyl sites for hydroxylation is 1. The Morgan fingerprint density at radius 2 is 1.79 bits per heavy atom. The molecule has 1 aromatic rings. The molecule has 4 nitrogen and oxygen atoms in total. The van der Waals surface area contributed by atoms with Crippen LogP contribution in [-0.4, -0.2) is 25.8 Å². The molecule has 0 heterocycles. The van der Waals surface area contributed by atoms with Gasteiger partial charge in [-0.15, -0.1) is 0 Å². The highest BCUT2D eigenvalue weighted by molar-refractivity contribution is 7.89. The largest absolute Gasteiger partial charge is 0.399 e. The fourth-order valence-corrected chi connectivity index (χ4v) is 3.36. The minimum absolute atomic E-state index is 0.102. The molecule has 1 unspecified atom stereocenters. The van der Waals surface area contributed by atoms with E-state index in [0.717, 1.165) is 5.56 Å². The standard InChI is InChI=1S/C14H24N2O2S/c1-10-9-12(7-8-13(10)15)19(17,18)16(6)11(2)14(3,4)5/h7-9,11H,15H2,1-6H3. The second-order valence-corrected chi connectivity index (χ2v) is 8.08. The van der Waals surface area contributed by atoms with E-state index in [-0.39, 0.29) is 16.4 Å². The molecule has 0 aliphatic rings. The average Bonchev–Trinajstić information content (AvgIpc) is 2.29. The number of benzene rings is 1. The first-order valence-corrected chi connectivity index (χ1v) is 7.76. The van der Waals surface area contributed by atoms with Crippen molar-refractivity contribution in [2.24, 2.45) is 5.41 Å². The molecule has 1 aromatic carbocycles. The fourth-order valence-electron chi connectivity index (χ4n) is 1.73. The average molecular weight is 284 g/mol. The summed E-state index contributed by atoms with van der Waals surface area (Å²) in [7, 11) is -1.86. The van der Waals surface area contributed by atoms with Crippen LogP contribution in [0.1, 0.15) is 33.3 Å². The molecule has 2 N–H and O–H groups in total. The molecule has 0 amide bonds. The van der Waals surface area contributed by atoms with Crippen LogP contribution in [0.4, 0.5) is 5.69 Å². The third-order valence-corrected chi connectivity index (χ3v) is 5.64. The summed E-state index contributed by atoms with van der Waals surface area (Å²) in [6.45, 7) is 9.80. The summed E-state index contributed by atoms with van der Waals surface area (Å²) in [4.78, 5) is 0.290. The summed E-state index contributed by atoms with van der Waals surface area (Å²) in [5.74, 6) is 0. The van der Waals surface area contributed by atoms with Gasteiger partial charge in [0, 0.05) is 18.8 Å². The number of anilines is 1. The topological polar surface area (TPSA) is 63.4 Å². The number of hydrogen-bond acceptors (Lipinski definition) is 3. The molecule has 0 aliphatic carbocycles. The molecule has 0 saturated carbocycles. The molecule has 0 saturated heterocycles. The summed E-state index contributed by atoms with van der Waals surface area (Å²) in [6.07, 6.45) is 0. The first-order chi connectivity index (χ1) is 8.48. The van der Waals surface area contributed by atoms with Crippen LogP contribution in [0.3, 0.4) is 0 Å². The minimum Gasteiger partial charge on any atom is -0.399 e. The highest BCUT2D eigenvalue weighted by Gasteiger charge is 2.32. The van der Waals surface area contributed by atoms with E-state index in [4.69, 9.17) is 5.73 Å². The maximum atomic E-state index is 12.6. The molecule has 5 heteroatoms. The van der Waals surface area contributed by atoms with E-state index >= 15 is 0 Å². The first-order valence-electron chi connectivity index (χ1n) is 6.32. The van der Waals surface area contributed by atoms with Crippen molar-refractivity contribution in [2.75, 3.05) is 12.8 Å². The number of rotatable bonds is 3. The zero-order valence-corrected chi connectivity index (χ0v) is 13.4. The SMILES string of the molecule is Cc1cc(S(=O)(=O)N(C)C(C)C(C)(C)C)ccc1N. The lowest BCUT2D eigenvalue weighted by Crippen LogP contribution is -2.42. The van der Waals surface area contributed by atoms with Crippen molar-refractivity contribution in [1.29, 1.82) is 0 Å². The minimum atomic E-state index is -3.48. The van der Waals surface area contributed by atoms with Gasteiger partial charge < -0.3 is 5.73 Å². The smallest absolute Gasteiger partial charge is 0.243 e. The van der Waals surface area contributed by atoms with Gasteiger partial charge in [0.15, 0.2) is 0 Å². The van der Waals surface area contributed by atoms with E-state index in [2.05, 4.69) is 0 Å². The number of nitrogens with two attached hydrogens (primary N) is 1. The number of nitrogen functional groups attached to an aromatic ring is 1. The number of sulfonamides is 1. The molecule has 0 aromatic heterocycles. The number of nitrogens with zero attached hydrogens (tertiary/aromatic N) is 1. The predicted molar refractivity (Wildman–Crippen MR) is 79.5 cm³/mol. The van der Waals surface area contributed by atoms with Gasteiger partial charge in [0.05, 0.1) is 4.90 Å². The van der Waals surface area contributed by atoms with Gasteiger partial charge >= 0.3 is 0 Å². The van der Waals surface area contributed by atoms with Crippen LogP contribution in [-0.2, 0) is 10.0 Å². The van der Waals surface area contributed by atoms with E-state index in [1.807, 2.05) is 34.6 Å². The molecule has 0 spiro atoms. The summed E-state index contributed by atoms with van der Waals surface area (Å²) < 4.78 is 26.6. The van der Waals surface area contributed by atoms with Crippen molar-refractivity contribution in [3.05, 3.63) is 23.8 Å². The Kier molecular flexibility index (Phi) is 4.32. The van der Waals surface area contributed by atoms with E-state index in [1.54, 1.807) is 25.2 Å². The lowest BCUT2D eigenvalue weighted by molar-refractivity contribution is 0.216. The van der Waals surface area contributed by atoms with Crippen molar-refractivity contribution < 1.29 is 8.42 Å². The lowest BCUT2D eigenvalue weighted by Gasteiger charge is -2.34. The Bertz CT molecular complexity index is 559. The second kappa shape index (κ2) is 5.13. The highest BCUT2D eigenvalue weighted by Crippen LogP contribution is 2.28. The first kappa shape index (κ1) is 16.0. The van der Waals surface area contributed by atoms with E-state index in [9.17, 15) is 8.42 Å². The normalized spacial score (nSPS) is 14.7. The van der Waals surface area contributed by atoms with E-state index in [0.29, 0.717) is 5.69 Å². The summed E-state index contributed by atoms with van der Waals surface area (Å²) in [5, 5.41) is 0. The van der Waals surface area contributed by atoms with Crippen molar-refractivity contribution in [2.45, 2.75) is 45.6 Å². The van der Waals surface area contributed by atoms with Crippen molar-refractivity contribution in [1.82, 2.24) is 4.31 Å². The Morgan fingerprint density at radius 3 is 2.21 bits per heavy atom. The second-order valence-electron chi connectivity index (χ2n) is 6.08. The molecular formula is C14H24N2O2S. The van der Waals surface area contributed by atoms with Gasteiger partial charge in [-0.05, 0) is 43.0 Å². The molecule has 1 atom stereocenters. The molecular weight excluding hydrogens is 260 g/mol. The zero-order chi connectivity index (χ0) is 15.0. The van der Waals surface area contributed by atoms with E-state index in [1.165, 1.54) is 4.31 Å². The summed E-state index contributed by atoms with van der Waals surface area (Å²) >= 11 is 0. The molecule has 0 aliphatic heterocycles. The third kappa shape index (κ3) is 3.28. The maximum absolute atomic E-state index is 12.6. The highest BCUT2D eigenvalue weighted by atomic mass is 32.2. The molecule has 0 fully saturated rings. The van der Waals surface area contributed by atoms with Gasteiger partial charge in [0.1, 0.15) is 0 Å². The molecule has 108 valence electrons. The lowest BCUT2D eigenvalue weighted by atomic mass is 9.88. The Morgan fingerprint density at radius 1 is 1.26 bits per heavy atom. The summed E-state index contributed by atoms with van der Waals surface area (Å²) in [6, 6.07) is 4.72. The molecule has 1 rings (SSSR count). The monoisotopic (exact) mass is 284 g/mol. The predicted octanol–water partition coefficient (Wildman–Crippen LogP) is 2.63. The van der Waals surface area contributed by atoms with Crippen LogP contribution < -0.4 is 5.73 Å². The Labute approximate surface area is 116 Å². The Balaban J connectivity index is 3.20. The van der Waals surface area contributed by atoms with E-state index < -0.39 is 10.0 Å². The van der Waals surface area contributed by atoms with Gasteiger partial charge in [0.2, 0.25) is 10.0 Å². The maximum Gasteiger partial charge on any atom is 0.243 e. The summed E-state index contributed by atoms with van der Waals surface area (Å²) in [5.41, 5.74) is 6.99. The van der Waals surface area contributed by atoms with Crippen LogP contribution in [0.5, 0.6) is 0 Å². The van der Waals surface area contributed by atoms with Crippen LogP contribution in [0.15, 0.2) is 23.1 Å². The molecule has 0 radical (unpaired) electrons. The number of hydrogen-bond donors (Lipinski definition) is 1. The quantitative estimate of drug-likeness (QED) is 0.868. The van der Waals surface area contributed by atoms with Crippen LogP contribution in [0.2, 0.25) is 0 Å². The van der Waals surface area contributed by atoms with Gasteiger partial charge in [-0.2, -0.15) is 4.31 Å². The zero-order valence-electron chi connectivity index (χ0n) is 12.6. The van der Waals surface area contributed by atoms with Crippen molar-refractivity contribution in [3.8, 4) is 0 Å². The van der Waals surface area contributed by atoms with Crippen LogP contribution >= 0.6 is 0 Å². The molecule has 0 bridgehead atoms. The Hall–Kier alpha value is -1.07. The fraction of sp³-hybridized carbons (Fsp3) is 0.571.